The summed E-state index contributed by atoms with van der Waals surface area (Å²) in [6.45, 7) is 0.00270. The molecule has 1 atom stereocenters. The zero-order valence-electron chi connectivity index (χ0n) is 16.9. The third-order valence-corrected chi connectivity index (χ3v) is 5.24. The van der Waals surface area contributed by atoms with E-state index < -0.39 is 12.0 Å². The van der Waals surface area contributed by atoms with Gasteiger partial charge in [0, 0.05) is 0 Å². The Hall–Kier alpha value is -2.99. The van der Waals surface area contributed by atoms with Crippen molar-refractivity contribution in [3.63, 3.8) is 0 Å². The van der Waals surface area contributed by atoms with Gasteiger partial charge in [-0.05, 0) is 46.9 Å². The SMILES string of the molecule is CSCCC(NC(=O)COc1ccccc1)C(=O)OCc1cccc2ccccc12. The van der Waals surface area contributed by atoms with Crippen LogP contribution in [0.1, 0.15) is 12.0 Å². The van der Waals surface area contributed by atoms with Crippen molar-refractivity contribution in [3.8, 4) is 5.75 Å². The number of esters is 1. The average molecular weight is 424 g/mol. The second-order valence-corrected chi connectivity index (χ2v) is 7.73. The Labute approximate surface area is 180 Å². The molecule has 1 unspecified atom stereocenters. The van der Waals surface area contributed by atoms with E-state index in [1.807, 2.05) is 66.9 Å². The van der Waals surface area contributed by atoms with Crippen molar-refractivity contribution in [3.05, 3.63) is 78.4 Å². The normalized spacial score (nSPS) is 11.6. The quantitative estimate of drug-likeness (QED) is 0.495. The molecule has 156 valence electrons. The fraction of sp³-hybridized carbons (Fsp3) is 0.250. The van der Waals surface area contributed by atoms with Crippen LogP contribution in [0, 0.1) is 0 Å². The molecule has 3 rings (SSSR count). The minimum Gasteiger partial charge on any atom is -0.484 e. The summed E-state index contributed by atoms with van der Waals surface area (Å²) in [5, 5.41) is 4.89. The molecule has 0 saturated heterocycles. The fourth-order valence-electron chi connectivity index (χ4n) is 3.05. The summed E-state index contributed by atoms with van der Waals surface area (Å²) in [5.74, 6) is 0.539. The van der Waals surface area contributed by atoms with Crippen LogP contribution in [0.5, 0.6) is 5.75 Å². The van der Waals surface area contributed by atoms with E-state index in [2.05, 4.69) is 5.32 Å². The largest absolute Gasteiger partial charge is 0.484 e. The number of hydrogen-bond donors (Lipinski definition) is 1. The van der Waals surface area contributed by atoms with E-state index in [9.17, 15) is 9.59 Å². The minimum atomic E-state index is -0.709. The number of amides is 1. The van der Waals surface area contributed by atoms with E-state index >= 15 is 0 Å². The Morgan fingerprint density at radius 1 is 0.967 bits per heavy atom. The highest BCUT2D eigenvalue weighted by Gasteiger charge is 2.22. The van der Waals surface area contributed by atoms with Gasteiger partial charge in [-0.25, -0.2) is 4.79 Å². The number of hydrogen-bond acceptors (Lipinski definition) is 5. The Morgan fingerprint density at radius 2 is 1.70 bits per heavy atom. The number of carbonyl (C=O) groups excluding carboxylic acids is 2. The molecule has 0 spiro atoms. The molecule has 6 heteroatoms. The number of nitrogens with one attached hydrogen (secondary N) is 1. The summed E-state index contributed by atoms with van der Waals surface area (Å²) in [6, 6.07) is 22.3. The number of benzene rings is 3. The van der Waals surface area contributed by atoms with E-state index in [0.717, 1.165) is 22.1 Å². The fourth-order valence-corrected chi connectivity index (χ4v) is 3.53. The second kappa shape index (κ2) is 11.3. The molecule has 5 nitrogen and oxygen atoms in total. The van der Waals surface area contributed by atoms with Crippen molar-refractivity contribution in [1.82, 2.24) is 5.32 Å². The molecule has 0 saturated carbocycles. The second-order valence-electron chi connectivity index (χ2n) is 6.75. The van der Waals surface area contributed by atoms with Gasteiger partial charge < -0.3 is 14.8 Å². The van der Waals surface area contributed by atoms with Crippen LogP contribution in [0.4, 0.5) is 0 Å². The molecule has 0 aliphatic rings. The highest BCUT2D eigenvalue weighted by Crippen LogP contribution is 2.19. The monoisotopic (exact) mass is 423 g/mol. The number of carbonyl (C=O) groups is 2. The molecule has 0 bridgehead atoms. The number of fused-ring (bicyclic) bond motifs is 1. The molecule has 0 aliphatic carbocycles. The molecule has 3 aromatic rings. The zero-order chi connectivity index (χ0) is 21.2. The topological polar surface area (TPSA) is 64.6 Å². The lowest BCUT2D eigenvalue weighted by Gasteiger charge is -2.18. The van der Waals surface area contributed by atoms with Crippen molar-refractivity contribution in [2.24, 2.45) is 0 Å². The van der Waals surface area contributed by atoms with Crippen LogP contribution in [-0.2, 0) is 20.9 Å². The van der Waals surface area contributed by atoms with Gasteiger partial charge in [-0.1, -0.05) is 60.7 Å². The zero-order valence-corrected chi connectivity index (χ0v) is 17.7. The van der Waals surface area contributed by atoms with Crippen LogP contribution in [0.2, 0.25) is 0 Å². The third kappa shape index (κ3) is 6.26. The van der Waals surface area contributed by atoms with Gasteiger partial charge in [0.2, 0.25) is 0 Å². The summed E-state index contributed by atoms with van der Waals surface area (Å²) in [7, 11) is 0. The van der Waals surface area contributed by atoms with Crippen LogP contribution in [0.3, 0.4) is 0 Å². The minimum absolute atomic E-state index is 0.156. The molecule has 30 heavy (non-hydrogen) atoms. The number of para-hydroxylation sites is 1. The van der Waals surface area contributed by atoms with E-state index in [1.54, 1.807) is 23.9 Å². The first kappa shape index (κ1) is 21.7. The predicted molar refractivity (Wildman–Crippen MR) is 121 cm³/mol. The van der Waals surface area contributed by atoms with E-state index in [4.69, 9.17) is 9.47 Å². The maximum Gasteiger partial charge on any atom is 0.329 e. The van der Waals surface area contributed by atoms with Gasteiger partial charge in [0.1, 0.15) is 18.4 Å². The lowest BCUT2D eigenvalue weighted by molar-refractivity contribution is -0.149. The molecule has 0 fully saturated rings. The van der Waals surface area contributed by atoms with Crippen molar-refractivity contribution in [2.75, 3.05) is 18.6 Å². The van der Waals surface area contributed by atoms with Gasteiger partial charge in [0.15, 0.2) is 6.61 Å². The molecule has 0 aromatic heterocycles. The molecule has 3 aromatic carbocycles. The lowest BCUT2D eigenvalue weighted by Crippen LogP contribution is -2.44. The molecule has 0 aliphatic heterocycles. The molecule has 0 heterocycles. The van der Waals surface area contributed by atoms with Crippen molar-refractivity contribution >= 4 is 34.4 Å². The smallest absolute Gasteiger partial charge is 0.329 e. The van der Waals surface area contributed by atoms with E-state index in [1.165, 1.54) is 0 Å². The summed E-state index contributed by atoms with van der Waals surface area (Å²) < 4.78 is 11.0. The summed E-state index contributed by atoms with van der Waals surface area (Å²) in [6.07, 6.45) is 2.45. The van der Waals surface area contributed by atoms with Crippen molar-refractivity contribution < 1.29 is 19.1 Å². The first-order chi connectivity index (χ1) is 14.7. The standard InChI is InChI=1S/C24H25NO4S/c1-30-15-14-22(25-23(26)17-28-20-11-3-2-4-12-20)24(27)29-16-19-10-7-9-18-8-5-6-13-21(18)19/h2-13,22H,14-17H2,1H3,(H,25,26). The average Bonchev–Trinajstić information content (AvgIpc) is 2.79. The van der Waals surface area contributed by atoms with Crippen molar-refractivity contribution in [1.29, 1.82) is 0 Å². The van der Waals surface area contributed by atoms with Gasteiger partial charge in [-0.15, -0.1) is 0 Å². The van der Waals surface area contributed by atoms with Crippen LogP contribution >= 0.6 is 11.8 Å². The maximum absolute atomic E-state index is 12.7. The summed E-state index contributed by atoms with van der Waals surface area (Å²) in [4.78, 5) is 25.0. The van der Waals surface area contributed by atoms with Crippen LogP contribution < -0.4 is 10.1 Å². The summed E-state index contributed by atoms with van der Waals surface area (Å²) >= 11 is 1.61. The maximum atomic E-state index is 12.7. The van der Waals surface area contributed by atoms with Gasteiger partial charge >= 0.3 is 5.97 Å². The van der Waals surface area contributed by atoms with Gasteiger partial charge in [-0.3, -0.25) is 4.79 Å². The predicted octanol–water partition coefficient (Wildman–Crippen LogP) is 4.20. The van der Waals surface area contributed by atoms with E-state index in [0.29, 0.717) is 12.2 Å². The number of thioether (sulfide) groups is 1. The third-order valence-electron chi connectivity index (χ3n) is 4.59. The Balaban J connectivity index is 1.58. The highest BCUT2D eigenvalue weighted by molar-refractivity contribution is 7.98. The molecular formula is C24H25NO4S. The first-order valence-electron chi connectivity index (χ1n) is 9.77. The van der Waals surface area contributed by atoms with Crippen LogP contribution in [0.15, 0.2) is 72.8 Å². The summed E-state index contributed by atoms with van der Waals surface area (Å²) in [5.41, 5.74) is 0.934. The van der Waals surface area contributed by atoms with Crippen molar-refractivity contribution in [2.45, 2.75) is 19.1 Å². The van der Waals surface area contributed by atoms with Gasteiger partial charge in [0.25, 0.3) is 5.91 Å². The van der Waals surface area contributed by atoms with Crippen LogP contribution in [-0.4, -0.2) is 36.5 Å². The Morgan fingerprint density at radius 3 is 2.50 bits per heavy atom. The number of rotatable bonds is 10. The Kier molecular flexibility index (Phi) is 8.15. The Bertz CT molecular complexity index is 972. The van der Waals surface area contributed by atoms with Gasteiger partial charge in [-0.2, -0.15) is 11.8 Å². The molecular weight excluding hydrogens is 398 g/mol. The molecule has 0 radical (unpaired) electrons. The van der Waals surface area contributed by atoms with E-state index in [-0.39, 0.29) is 19.1 Å². The first-order valence-corrected chi connectivity index (χ1v) is 11.2. The molecule has 1 amide bonds. The van der Waals surface area contributed by atoms with Gasteiger partial charge in [0.05, 0.1) is 0 Å². The highest BCUT2D eigenvalue weighted by atomic mass is 32.2. The lowest BCUT2D eigenvalue weighted by atomic mass is 10.1. The van der Waals surface area contributed by atoms with Crippen LogP contribution in [0.25, 0.3) is 10.8 Å². The number of ether oxygens (including phenoxy) is 2. The molecule has 1 N–H and O–H groups in total.